The number of hydrogen-bond donors (Lipinski definition) is 0. The van der Waals surface area contributed by atoms with E-state index in [1.165, 1.54) is 33.1 Å². The van der Waals surface area contributed by atoms with Crippen molar-refractivity contribution in [2.75, 3.05) is 0 Å². The van der Waals surface area contributed by atoms with E-state index in [4.69, 9.17) is 4.42 Å². The van der Waals surface area contributed by atoms with Gasteiger partial charge in [-0.15, -0.1) is 0 Å². The zero-order valence-electron chi connectivity index (χ0n) is 13.7. The van der Waals surface area contributed by atoms with Crippen LogP contribution in [0.15, 0.2) is 71.5 Å². The molecule has 0 aliphatic rings. The van der Waals surface area contributed by atoms with Crippen LogP contribution in [-0.4, -0.2) is 4.40 Å². The Morgan fingerprint density at radius 3 is 2.71 bits per heavy atom. The largest absolute Gasteiger partial charge is 0.456 e. The lowest BCUT2D eigenvalue weighted by atomic mass is 10.0. The van der Waals surface area contributed by atoms with Crippen molar-refractivity contribution in [1.29, 1.82) is 0 Å². The Labute approximate surface area is 139 Å². The summed E-state index contributed by atoms with van der Waals surface area (Å²) in [6, 6.07) is 16.9. The number of nitrogens with zero attached hydrogens (tertiary/aromatic N) is 2. The van der Waals surface area contributed by atoms with Gasteiger partial charge in [0.25, 0.3) is 0 Å². The molecule has 0 saturated carbocycles. The Morgan fingerprint density at radius 1 is 0.917 bits per heavy atom. The van der Waals surface area contributed by atoms with Crippen LogP contribution in [0.4, 0.5) is 0 Å². The summed E-state index contributed by atoms with van der Waals surface area (Å²) >= 11 is 0. The second-order valence-electron chi connectivity index (χ2n) is 6.32. The zero-order valence-corrected chi connectivity index (χ0v) is 13.7. The first-order valence-electron chi connectivity index (χ1n) is 8.10. The molecule has 0 saturated heterocycles. The minimum absolute atomic E-state index is 0.936. The lowest BCUT2D eigenvalue weighted by Gasteiger charge is -2.07. The van der Waals surface area contributed by atoms with Gasteiger partial charge >= 0.3 is 0 Å². The predicted molar refractivity (Wildman–Crippen MR) is 96.0 cm³/mol. The maximum absolute atomic E-state index is 6.09. The molecule has 0 fully saturated rings. The van der Waals surface area contributed by atoms with Crippen LogP contribution in [-0.2, 0) is 7.05 Å². The number of hydrogen-bond acceptors (Lipinski definition) is 1. The lowest BCUT2D eigenvalue weighted by Crippen LogP contribution is -2.31. The lowest BCUT2D eigenvalue weighted by molar-refractivity contribution is -0.659. The second-order valence-corrected chi connectivity index (χ2v) is 6.32. The molecule has 0 aliphatic heterocycles. The molecule has 5 aromatic rings. The van der Waals surface area contributed by atoms with Crippen LogP contribution >= 0.6 is 0 Å². The molecular weight excluding hydrogens is 296 g/mol. The molecule has 5 rings (SSSR count). The first kappa shape index (κ1) is 13.4. The molecular formula is C21H17N2O+. The van der Waals surface area contributed by atoms with Crippen LogP contribution in [0, 0.1) is 6.92 Å². The number of aromatic nitrogens is 2. The SMILES string of the molecule is Cc1cc2c(cc1-c1c3cccn3cc[n+]1C)oc1ccccc12. The molecule has 3 nitrogen and oxygen atoms in total. The summed E-state index contributed by atoms with van der Waals surface area (Å²) in [6.07, 6.45) is 6.24. The normalized spacial score (nSPS) is 11.8. The van der Waals surface area contributed by atoms with Crippen LogP contribution in [0.2, 0.25) is 0 Å². The molecule has 3 heterocycles. The van der Waals surface area contributed by atoms with Gasteiger partial charge in [0.2, 0.25) is 5.69 Å². The molecule has 0 spiro atoms. The van der Waals surface area contributed by atoms with Crippen LogP contribution in [0.25, 0.3) is 38.7 Å². The smallest absolute Gasteiger partial charge is 0.236 e. The average molecular weight is 313 g/mol. The number of aryl methyl sites for hydroxylation is 2. The Kier molecular flexibility index (Phi) is 2.63. The minimum Gasteiger partial charge on any atom is -0.456 e. The van der Waals surface area contributed by atoms with Gasteiger partial charge in [0.1, 0.15) is 23.7 Å². The van der Waals surface area contributed by atoms with Crippen molar-refractivity contribution in [2.24, 2.45) is 7.05 Å². The maximum Gasteiger partial charge on any atom is 0.236 e. The molecule has 0 unspecified atom stereocenters. The topological polar surface area (TPSA) is 21.4 Å². The fourth-order valence-corrected chi connectivity index (χ4v) is 3.61. The third-order valence-electron chi connectivity index (χ3n) is 4.80. The van der Waals surface area contributed by atoms with E-state index < -0.39 is 0 Å². The van der Waals surface area contributed by atoms with Crippen LogP contribution in [0.5, 0.6) is 0 Å². The summed E-state index contributed by atoms with van der Waals surface area (Å²) in [5.74, 6) is 0. The summed E-state index contributed by atoms with van der Waals surface area (Å²) in [5, 5.41) is 2.35. The fraction of sp³-hybridized carbons (Fsp3) is 0.0952. The zero-order chi connectivity index (χ0) is 16.3. The summed E-state index contributed by atoms with van der Waals surface area (Å²) in [5.41, 5.74) is 6.72. The van der Waals surface area contributed by atoms with Crippen molar-refractivity contribution in [1.82, 2.24) is 4.40 Å². The second kappa shape index (κ2) is 4.71. The molecule has 0 radical (unpaired) electrons. The van der Waals surface area contributed by atoms with Crippen molar-refractivity contribution in [3.63, 3.8) is 0 Å². The molecule has 0 bridgehead atoms. The first-order chi connectivity index (χ1) is 11.7. The molecule has 0 atom stereocenters. The van der Waals surface area contributed by atoms with E-state index in [0.717, 1.165) is 11.2 Å². The number of para-hydroxylation sites is 1. The van der Waals surface area contributed by atoms with E-state index in [9.17, 15) is 0 Å². The summed E-state index contributed by atoms with van der Waals surface area (Å²) in [6.45, 7) is 2.17. The van der Waals surface area contributed by atoms with E-state index in [1.807, 2.05) is 12.1 Å². The molecule has 3 heteroatoms. The predicted octanol–water partition coefficient (Wildman–Crippen LogP) is 4.64. The van der Waals surface area contributed by atoms with E-state index in [-0.39, 0.29) is 0 Å². The van der Waals surface area contributed by atoms with Gasteiger partial charge in [-0.05, 0) is 42.8 Å². The van der Waals surface area contributed by atoms with E-state index in [2.05, 4.69) is 77.9 Å². The van der Waals surface area contributed by atoms with Crippen molar-refractivity contribution in [2.45, 2.75) is 6.92 Å². The third kappa shape index (κ3) is 1.75. The van der Waals surface area contributed by atoms with Gasteiger partial charge in [-0.1, -0.05) is 18.2 Å². The van der Waals surface area contributed by atoms with E-state index >= 15 is 0 Å². The van der Waals surface area contributed by atoms with Gasteiger partial charge in [-0.3, -0.25) is 0 Å². The van der Waals surface area contributed by atoms with E-state index in [0.29, 0.717) is 0 Å². The van der Waals surface area contributed by atoms with Crippen LogP contribution in [0.1, 0.15) is 5.56 Å². The van der Waals surface area contributed by atoms with Crippen molar-refractivity contribution < 1.29 is 8.98 Å². The van der Waals surface area contributed by atoms with E-state index in [1.54, 1.807) is 0 Å². The molecule has 2 aromatic carbocycles. The number of furan rings is 1. The highest BCUT2D eigenvalue weighted by Crippen LogP contribution is 2.34. The van der Waals surface area contributed by atoms with Crippen molar-refractivity contribution in [3.05, 3.63) is 72.7 Å². The van der Waals surface area contributed by atoms with Gasteiger partial charge in [0.15, 0.2) is 6.20 Å². The fourth-order valence-electron chi connectivity index (χ4n) is 3.61. The number of rotatable bonds is 1. The third-order valence-corrected chi connectivity index (χ3v) is 4.80. The maximum atomic E-state index is 6.09. The Bertz CT molecular complexity index is 1230. The number of fused-ring (bicyclic) bond motifs is 4. The Hall–Kier alpha value is -3.07. The van der Waals surface area contributed by atoms with Crippen molar-refractivity contribution >= 4 is 27.5 Å². The standard InChI is InChI=1S/C21H17N2O/c1-14-12-17-15-6-3-4-8-19(15)24-20(17)13-16(14)21-18-7-5-9-23(18)11-10-22(21)2/h3-13H,1-2H3/q+1. The molecule has 24 heavy (non-hydrogen) atoms. The average Bonchev–Trinajstić information content (AvgIpc) is 3.18. The molecule has 0 aliphatic carbocycles. The highest BCUT2D eigenvalue weighted by atomic mass is 16.3. The summed E-state index contributed by atoms with van der Waals surface area (Å²) < 4.78 is 10.4. The summed E-state index contributed by atoms with van der Waals surface area (Å²) in [4.78, 5) is 0. The highest BCUT2D eigenvalue weighted by Gasteiger charge is 2.19. The minimum atomic E-state index is 0.936. The molecule has 3 aromatic heterocycles. The first-order valence-corrected chi connectivity index (χ1v) is 8.10. The van der Waals surface area contributed by atoms with Gasteiger partial charge in [-0.25, -0.2) is 0 Å². The van der Waals surface area contributed by atoms with Gasteiger partial charge < -0.3 is 8.82 Å². The van der Waals surface area contributed by atoms with Gasteiger partial charge in [0, 0.05) is 17.0 Å². The quantitative estimate of drug-likeness (QED) is 0.413. The molecule has 0 amide bonds. The Balaban J connectivity index is 1.89. The van der Waals surface area contributed by atoms with Crippen molar-refractivity contribution in [3.8, 4) is 11.3 Å². The summed E-state index contributed by atoms with van der Waals surface area (Å²) in [7, 11) is 2.09. The van der Waals surface area contributed by atoms with Crippen LogP contribution in [0.3, 0.4) is 0 Å². The Morgan fingerprint density at radius 2 is 1.79 bits per heavy atom. The van der Waals surface area contributed by atoms with Gasteiger partial charge in [-0.2, -0.15) is 4.57 Å². The van der Waals surface area contributed by atoms with Crippen LogP contribution < -0.4 is 4.57 Å². The van der Waals surface area contributed by atoms with Gasteiger partial charge in [0.05, 0.1) is 11.8 Å². The molecule has 116 valence electrons. The number of benzene rings is 2. The highest BCUT2D eigenvalue weighted by molar-refractivity contribution is 6.06. The monoisotopic (exact) mass is 313 g/mol. The molecule has 0 N–H and O–H groups in total.